The number of nitrogens with one attached hydrogen (secondary N) is 1. The van der Waals surface area contributed by atoms with Crippen molar-refractivity contribution in [3.8, 4) is 5.75 Å². The largest absolute Gasteiger partial charge is 0.496 e. The van der Waals surface area contributed by atoms with Crippen molar-refractivity contribution in [2.45, 2.75) is 26.7 Å². The average molecular weight is 270 g/mol. The molecule has 0 aliphatic rings. The van der Waals surface area contributed by atoms with E-state index >= 15 is 0 Å². The smallest absolute Gasteiger partial charge is 0.221 e. The Bertz CT molecular complexity index is 419. The number of carbonyl (C=O) groups is 1. The van der Waals surface area contributed by atoms with Gasteiger partial charge in [-0.2, -0.15) is 0 Å². The van der Waals surface area contributed by atoms with Gasteiger partial charge < -0.3 is 10.1 Å². The number of hydrogen-bond donors (Lipinski definition) is 1. The van der Waals surface area contributed by atoms with Crippen molar-refractivity contribution in [3.05, 3.63) is 28.8 Å². The number of benzene rings is 1. The molecule has 0 aliphatic heterocycles. The number of rotatable bonds is 6. The molecular formula is C14H20ClNO2. The van der Waals surface area contributed by atoms with Crippen molar-refractivity contribution in [3.63, 3.8) is 0 Å². The lowest BCUT2D eigenvalue weighted by Crippen LogP contribution is -2.25. The van der Waals surface area contributed by atoms with E-state index in [0.717, 1.165) is 17.7 Å². The van der Waals surface area contributed by atoms with Gasteiger partial charge in [0.15, 0.2) is 0 Å². The van der Waals surface area contributed by atoms with Crippen LogP contribution in [0.4, 0.5) is 0 Å². The van der Waals surface area contributed by atoms with Crippen LogP contribution in [0.3, 0.4) is 0 Å². The molecule has 0 unspecified atom stereocenters. The predicted molar refractivity (Wildman–Crippen MR) is 74.5 cm³/mol. The van der Waals surface area contributed by atoms with Crippen molar-refractivity contribution < 1.29 is 9.53 Å². The molecule has 0 saturated carbocycles. The molecule has 0 aromatic heterocycles. The maximum absolute atomic E-state index is 11.3. The summed E-state index contributed by atoms with van der Waals surface area (Å²) in [6, 6.07) is 4.15. The fourth-order valence-electron chi connectivity index (χ4n) is 1.75. The molecule has 100 valence electrons. The molecule has 0 heterocycles. The molecule has 0 atom stereocenters. The number of alkyl halides is 1. The van der Waals surface area contributed by atoms with E-state index in [1.165, 1.54) is 11.1 Å². The van der Waals surface area contributed by atoms with Gasteiger partial charge in [0, 0.05) is 18.8 Å². The summed E-state index contributed by atoms with van der Waals surface area (Å²) in [5.74, 6) is 1.23. The number of methoxy groups -OCH3 is 1. The Morgan fingerprint density at radius 3 is 2.61 bits per heavy atom. The Morgan fingerprint density at radius 2 is 2.00 bits per heavy atom. The fourth-order valence-corrected chi connectivity index (χ4v) is 1.92. The van der Waals surface area contributed by atoms with Gasteiger partial charge in [-0.3, -0.25) is 4.79 Å². The van der Waals surface area contributed by atoms with Crippen LogP contribution in [-0.4, -0.2) is 25.4 Å². The lowest BCUT2D eigenvalue weighted by molar-refractivity contribution is -0.120. The topological polar surface area (TPSA) is 38.3 Å². The zero-order chi connectivity index (χ0) is 13.5. The summed E-state index contributed by atoms with van der Waals surface area (Å²) in [5.41, 5.74) is 3.56. The maximum atomic E-state index is 11.3. The van der Waals surface area contributed by atoms with E-state index < -0.39 is 0 Å². The van der Waals surface area contributed by atoms with Crippen LogP contribution in [0.5, 0.6) is 5.75 Å². The molecule has 3 nitrogen and oxygen atoms in total. The summed E-state index contributed by atoms with van der Waals surface area (Å²) < 4.78 is 5.35. The second-order valence-electron chi connectivity index (χ2n) is 4.29. The number of amides is 1. The van der Waals surface area contributed by atoms with Gasteiger partial charge in [-0.1, -0.05) is 6.07 Å². The Labute approximate surface area is 113 Å². The van der Waals surface area contributed by atoms with Crippen molar-refractivity contribution in [2.75, 3.05) is 19.5 Å². The van der Waals surface area contributed by atoms with Crippen LogP contribution in [-0.2, 0) is 11.2 Å². The lowest BCUT2D eigenvalue weighted by Gasteiger charge is -2.12. The van der Waals surface area contributed by atoms with Crippen LogP contribution in [0.15, 0.2) is 12.1 Å². The molecule has 0 bridgehead atoms. The van der Waals surface area contributed by atoms with Gasteiger partial charge in [-0.05, 0) is 43.0 Å². The molecule has 1 aromatic rings. The molecule has 0 aliphatic carbocycles. The van der Waals surface area contributed by atoms with Crippen LogP contribution in [0, 0.1) is 13.8 Å². The molecule has 1 aromatic carbocycles. The summed E-state index contributed by atoms with van der Waals surface area (Å²) in [6.45, 7) is 4.74. The number of halogens is 1. The maximum Gasteiger partial charge on any atom is 0.221 e. The average Bonchev–Trinajstić information content (AvgIpc) is 2.33. The number of ether oxygens (including phenoxy) is 1. The van der Waals surface area contributed by atoms with E-state index in [4.69, 9.17) is 16.3 Å². The summed E-state index contributed by atoms with van der Waals surface area (Å²) in [7, 11) is 1.67. The first kappa shape index (κ1) is 14.8. The standard InChI is InChI=1S/C14H20ClNO2/c1-10-8-12(13(18-3)9-11(10)2)5-7-16-14(17)4-6-15/h8-9H,4-7H2,1-3H3,(H,16,17). The Morgan fingerprint density at radius 1 is 1.33 bits per heavy atom. The number of aryl methyl sites for hydroxylation is 2. The third-order valence-electron chi connectivity index (χ3n) is 2.93. The van der Waals surface area contributed by atoms with E-state index in [9.17, 15) is 4.79 Å². The van der Waals surface area contributed by atoms with E-state index in [0.29, 0.717) is 18.8 Å². The third-order valence-corrected chi connectivity index (χ3v) is 3.12. The normalized spacial score (nSPS) is 10.2. The van der Waals surface area contributed by atoms with Gasteiger partial charge in [-0.15, -0.1) is 11.6 Å². The van der Waals surface area contributed by atoms with E-state index in [1.54, 1.807) is 7.11 Å². The van der Waals surface area contributed by atoms with Crippen LogP contribution in [0.1, 0.15) is 23.1 Å². The molecule has 0 fully saturated rings. The van der Waals surface area contributed by atoms with Crippen molar-refractivity contribution >= 4 is 17.5 Å². The van der Waals surface area contributed by atoms with Crippen LogP contribution < -0.4 is 10.1 Å². The van der Waals surface area contributed by atoms with E-state index in [2.05, 4.69) is 25.2 Å². The molecule has 1 N–H and O–H groups in total. The summed E-state index contributed by atoms with van der Waals surface area (Å²) in [4.78, 5) is 11.3. The predicted octanol–water partition coefficient (Wildman–Crippen LogP) is 2.60. The SMILES string of the molecule is COc1cc(C)c(C)cc1CCNC(=O)CCCl. The van der Waals surface area contributed by atoms with Gasteiger partial charge in [-0.25, -0.2) is 0 Å². The Balaban J connectivity index is 2.61. The van der Waals surface area contributed by atoms with Crippen LogP contribution in [0.2, 0.25) is 0 Å². The van der Waals surface area contributed by atoms with Gasteiger partial charge in [0.05, 0.1) is 7.11 Å². The minimum atomic E-state index is -0.00667. The van der Waals surface area contributed by atoms with Crippen molar-refractivity contribution in [1.82, 2.24) is 5.32 Å². The van der Waals surface area contributed by atoms with Crippen LogP contribution in [0.25, 0.3) is 0 Å². The Kier molecular flexibility index (Phi) is 5.99. The third kappa shape index (κ3) is 4.22. The Hall–Kier alpha value is -1.22. The highest BCUT2D eigenvalue weighted by molar-refractivity contribution is 6.18. The van der Waals surface area contributed by atoms with E-state index in [1.807, 2.05) is 6.07 Å². The second-order valence-corrected chi connectivity index (χ2v) is 4.67. The zero-order valence-corrected chi connectivity index (χ0v) is 11.9. The van der Waals surface area contributed by atoms with Crippen molar-refractivity contribution in [1.29, 1.82) is 0 Å². The molecular weight excluding hydrogens is 250 g/mol. The summed E-state index contributed by atoms with van der Waals surface area (Å²) in [6.07, 6.45) is 1.13. The molecule has 4 heteroatoms. The van der Waals surface area contributed by atoms with Crippen LogP contribution >= 0.6 is 11.6 Å². The first-order valence-electron chi connectivity index (χ1n) is 6.05. The van der Waals surface area contributed by atoms with Gasteiger partial charge in [0.2, 0.25) is 5.91 Å². The monoisotopic (exact) mass is 269 g/mol. The molecule has 0 spiro atoms. The molecule has 0 radical (unpaired) electrons. The van der Waals surface area contributed by atoms with Gasteiger partial charge in [0.1, 0.15) is 5.75 Å². The first-order chi connectivity index (χ1) is 8.58. The van der Waals surface area contributed by atoms with E-state index in [-0.39, 0.29) is 5.91 Å². The fraction of sp³-hybridized carbons (Fsp3) is 0.500. The second kappa shape index (κ2) is 7.27. The molecule has 18 heavy (non-hydrogen) atoms. The molecule has 1 rings (SSSR count). The van der Waals surface area contributed by atoms with Crippen molar-refractivity contribution in [2.24, 2.45) is 0 Å². The zero-order valence-electron chi connectivity index (χ0n) is 11.2. The lowest BCUT2D eigenvalue weighted by atomic mass is 10.0. The highest BCUT2D eigenvalue weighted by atomic mass is 35.5. The van der Waals surface area contributed by atoms with Gasteiger partial charge >= 0.3 is 0 Å². The summed E-state index contributed by atoms with van der Waals surface area (Å²) in [5, 5.41) is 2.84. The highest BCUT2D eigenvalue weighted by Crippen LogP contribution is 2.23. The number of hydrogen-bond acceptors (Lipinski definition) is 2. The number of carbonyl (C=O) groups excluding carboxylic acids is 1. The minimum absolute atomic E-state index is 0.00667. The summed E-state index contributed by atoms with van der Waals surface area (Å²) >= 11 is 5.50. The minimum Gasteiger partial charge on any atom is -0.496 e. The molecule has 0 saturated heterocycles. The molecule has 1 amide bonds. The quantitative estimate of drug-likeness (QED) is 0.806. The highest BCUT2D eigenvalue weighted by Gasteiger charge is 2.06. The first-order valence-corrected chi connectivity index (χ1v) is 6.58. The van der Waals surface area contributed by atoms with Gasteiger partial charge in [0.25, 0.3) is 0 Å².